The number of likely N-dealkylation sites (tertiary alicyclic amines) is 1. The van der Waals surface area contributed by atoms with Gasteiger partial charge in [0, 0.05) is 30.9 Å². The number of carbonyl (C=O) groups excluding carboxylic acids is 2. The summed E-state index contributed by atoms with van der Waals surface area (Å²) in [5.41, 5.74) is 5.73. The lowest BCUT2D eigenvalue weighted by Gasteiger charge is -2.35. The first-order valence-electron chi connectivity index (χ1n) is 10.7. The third-order valence-electron chi connectivity index (χ3n) is 5.33. The van der Waals surface area contributed by atoms with Crippen LogP contribution in [0.15, 0.2) is 36.5 Å². The minimum absolute atomic E-state index is 0.00422. The SMILES string of the molecule is CC1CCC(C(=O)Nc2ccnc(C(N)=O)c2)O1.CN1CC(COc2cccc(F)c2F)C1. The van der Waals surface area contributed by atoms with Crippen LogP contribution in [0, 0.1) is 17.6 Å². The van der Waals surface area contributed by atoms with E-state index in [2.05, 4.69) is 15.2 Å². The monoisotopic (exact) mass is 462 g/mol. The van der Waals surface area contributed by atoms with Crippen molar-refractivity contribution in [1.29, 1.82) is 0 Å². The second-order valence-electron chi connectivity index (χ2n) is 8.25. The number of nitrogens with one attached hydrogen (secondary N) is 1. The Labute approximate surface area is 191 Å². The lowest BCUT2D eigenvalue weighted by atomic mass is 10.0. The van der Waals surface area contributed by atoms with Crippen LogP contribution in [0.2, 0.25) is 0 Å². The van der Waals surface area contributed by atoms with Crippen LogP contribution in [0.4, 0.5) is 14.5 Å². The summed E-state index contributed by atoms with van der Waals surface area (Å²) in [5, 5.41) is 2.69. The predicted molar refractivity (Wildman–Crippen MR) is 118 cm³/mol. The van der Waals surface area contributed by atoms with E-state index in [0.29, 0.717) is 24.6 Å². The zero-order valence-corrected chi connectivity index (χ0v) is 18.6. The normalized spacial score (nSPS) is 20.4. The van der Waals surface area contributed by atoms with Crippen LogP contribution < -0.4 is 15.8 Å². The van der Waals surface area contributed by atoms with Crippen LogP contribution in [0.25, 0.3) is 0 Å². The molecule has 4 rings (SSSR count). The fourth-order valence-electron chi connectivity index (χ4n) is 3.60. The van der Waals surface area contributed by atoms with Gasteiger partial charge < -0.3 is 25.4 Å². The molecule has 0 aliphatic carbocycles. The molecule has 0 bridgehead atoms. The van der Waals surface area contributed by atoms with Crippen molar-refractivity contribution in [2.75, 3.05) is 32.1 Å². The number of nitrogens with zero attached hydrogens (tertiary/aromatic N) is 2. The molecule has 1 aromatic heterocycles. The molecule has 2 aliphatic rings. The van der Waals surface area contributed by atoms with Gasteiger partial charge in [-0.25, -0.2) is 4.39 Å². The Bertz CT molecular complexity index is 985. The molecule has 178 valence electrons. The van der Waals surface area contributed by atoms with Crippen molar-refractivity contribution in [2.24, 2.45) is 11.7 Å². The molecule has 2 atom stereocenters. The number of nitrogens with two attached hydrogens (primary N) is 1. The summed E-state index contributed by atoms with van der Waals surface area (Å²) in [4.78, 5) is 28.8. The van der Waals surface area contributed by atoms with E-state index >= 15 is 0 Å². The number of pyridine rings is 1. The number of ether oxygens (including phenoxy) is 2. The summed E-state index contributed by atoms with van der Waals surface area (Å²) in [6, 6.07) is 7.02. The summed E-state index contributed by atoms with van der Waals surface area (Å²) >= 11 is 0. The molecule has 2 saturated heterocycles. The minimum atomic E-state index is -0.898. The Morgan fingerprint density at radius 1 is 1.27 bits per heavy atom. The number of rotatable bonds is 6. The molecule has 33 heavy (non-hydrogen) atoms. The van der Waals surface area contributed by atoms with Gasteiger partial charge in [0.2, 0.25) is 5.82 Å². The zero-order valence-electron chi connectivity index (χ0n) is 18.6. The number of aromatic nitrogens is 1. The van der Waals surface area contributed by atoms with Crippen LogP contribution in [-0.4, -0.2) is 60.7 Å². The smallest absolute Gasteiger partial charge is 0.267 e. The Hall–Kier alpha value is -3.11. The maximum Gasteiger partial charge on any atom is 0.267 e. The third-order valence-corrected chi connectivity index (χ3v) is 5.33. The van der Waals surface area contributed by atoms with Crippen molar-refractivity contribution < 1.29 is 27.8 Å². The van der Waals surface area contributed by atoms with Gasteiger partial charge in [-0.2, -0.15) is 4.39 Å². The standard InChI is InChI=1S/C12H15N3O3.C11H13F2NO/c1-7-2-3-10(18-7)12(17)15-8-4-5-14-9(6-8)11(13)16;1-14-5-8(6-14)7-15-10-4-2-3-9(12)11(10)13/h4-7,10H,2-3H2,1H3,(H2,13,16)(H,14,15,17);2-4,8H,5-7H2,1H3. The largest absolute Gasteiger partial charge is 0.490 e. The molecular formula is C23H28F2N4O4. The molecular weight excluding hydrogens is 434 g/mol. The van der Waals surface area contributed by atoms with Gasteiger partial charge in [-0.05, 0) is 51.1 Å². The van der Waals surface area contributed by atoms with E-state index in [1.807, 2.05) is 14.0 Å². The zero-order chi connectivity index (χ0) is 24.0. The number of carbonyl (C=O) groups is 2. The molecule has 3 heterocycles. The molecule has 2 aromatic rings. The predicted octanol–water partition coefficient (Wildman–Crippen LogP) is 2.59. The van der Waals surface area contributed by atoms with E-state index in [4.69, 9.17) is 15.2 Å². The van der Waals surface area contributed by atoms with E-state index in [1.54, 1.807) is 6.07 Å². The van der Waals surface area contributed by atoms with Crippen LogP contribution in [0.1, 0.15) is 30.3 Å². The Balaban J connectivity index is 0.000000189. The Kier molecular flexibility index (Phi) is 8.29. The van der Waals surface area contributed by atoms with E-state index < -0.39 is 23.6 Å². The third kappa shape index (κ3) is 6.93. The maximum absolute atomic E-state index is 13.1. The molecule has 8 nitrogen and oxygen atoms in total. The number of amides is 2. The van der Waals surface area contributed by atoms with Crippen molar-refractivity contribution in [2.45, 2.75) is 32.0 Å². The first-order valence-corrected chi connectivity index (χ1v) is 10.7. The van der Waals surface area contributed by atoms with E-state index in [0.717, 1.165) is 25.6 Å². The molecule has 0 radical (unpaired) electrons. The van der Waals surface area contributed by atoms with E-state index in [-0.39, 0.29) is 23.5 Å². The van der Waals surface area contributed by atoms with E-state index in [1.165, 1.54) is 24.4 Å². The lowest BCUT2D eigenvalue weighted by Crippen LogP contribution is -2.46. The highest BCUT2D eigenvalue weighted by atomic mass is 19.2. The van der Waals surface area contributed by atoms with Crippen LogP contribution in [0.5, 0.6) is 5.75 Å². The summed E-state index contributed by atoms with van der Waals surface area (Å²) in [5.74, 6) is -2.16. The summed E-state index contributed by atoms with van der Waals surface area (Å²) in [6.07, 6.45) is 2.69. The molecule has 0 spiro atoms. The van der Waals surface area contributed by atoms with Gasteiger partial charge in [0.15, 0.2) is 11.6 Å². The van der Waals surface area contributed by atoms with E-state index in [9.17, 15) is 18.4 Å². The number of anilines is 1. The highest BCUT2D eigenvalue weighted by molar-refractivity contribution is 5.96. The average molecular weight is 462 g/mol. The van der Waals surface area contributed by atoms with Crippen molar-refractivity contribution >= 4 is 17.5 Å². The van der Waals surface area contributed by atoms with Crippen molar-refractivity contribution in [3.63, 3.8) is 0 Å². The van der Waals surface area contributed by atoms with Crippen molar-refractivity contribution in [1.82, 2.24) is 9.88 Å². The van der Waals surface area contributed by atoms with Crippen molar-refractivity contribution in [3.8, 4) is 5.75 Å². The second-order valence-corrected chi connectivity index (χ2v) is 8.25. The van der Waals surface area contributed by atoms with Gasteiger partial charge in [-0.1, -0.05) is 6.07 Å². The number of hydrogen-bond donors (Lipinski definition) is 2. The van der Waals surface area contributed by atoms with Crippen LogP contribution >= 0.6 is 0 Å². The molecule has 1 aromatic carbocycles. The first kappa shape index (κ1) is 24.5. The molecule has 2 aliphatic heterocycles. The Morgan fingerprint density at radius 2 is 2.03 bits per heavy atom. The Morgan fingerprint density at radius 3 is 2.67 bits per heavy atom. The molecule has 10 heteroatoms. The number of primary amides is 1. The molecule has 2 unspecified atom stereocenters. The molecule has 2 fully saturated rings. The number of hydrogen-bond acceptors (Lipinski definition) is 6. The molecule has 0 saturated carbocycles. The van der Waals surface area contributed by atoms with Crippen molar-refractivity contribution in [3.05, 3.63) is 53.9 Å². The number of halogens is 2. The molecule has 3 N–H and O–H groups in total. The minimum Gasteiger partial charge on any atom is -0.490 e. The highest BCUT2D eigenvalue weighted by Gasteiger charge is 2.28. The van der Waals surface area contributed by atoms with Gasteiger partial charge in [0.25, 0.3) is 11.8 Å². The fourth-order valence-corrected chi connectivity index (χ4v) is 3.60. The summed E-state index contributed by atoms with van der Waals surface area (Å²) in [7, 11) is 2.01. The lowest BCUT2D eigenvalue weighted by molar-refractivity contribution is -0.126. The molecule has 2 amide bonds. The first-order chi connectivity index (χ1) is 15.7. The van der Waals surface area contributed by atoms with Gasteiger partial charge in [-0.3, -0.25) is 14.6 Å². The quantitative estimate of drug-likeness (QED) is 0.684. The number of benzene rings is 1. The summed E-state index contributed by atoms with van der Waals surface area (Å²) < 4.78 is 36.6. The topological polar surface area (TPSA) is 107 Å². The van der Waals surface area contributed by atoms with Gasteiger partial charge in [-0.15, -0.1) is 0 Å². The second kappa shape index (κ2) is 11.2. The van der Waals surface area contributed by atoms with Gasteiger partial charge in [0.05, 0.1) is 12.7 Å². The maximum atomic E-state index is 13.1. The highest BCUT2D eigenvalue weighted by Crippen LogP contribution is 2.22. The fraction of sp³-hybridized carbons (Fsp3) is 0.435. The van der Waals surface area contributed by atoms with Gasteiger partial charge >= 0.3 is 0 Å². The average Bonchev–Trinajstić information content (AvgIpc) is 3.20. The van der Waals surface area contributed by atoms with Gasteiger partial charge in [0.1, 0.15) is 11.8 Å². The summed E-state index contributed by atoms with van der Waals surface area (Å²) in [6.45, 7) is 4.30. The van der Waals surface area contributed by atoms with Crippen LogP contribution in [-0.2, 0) is 9.53 Å². The van der Waals surface area contributed by atoms with Crippen LogP contribution in [0.3, 0.4) is 0 Å².